The number of carbonyl (C=O) groups is 2. The van der Waals surface area contributed by atoms with Crippen molar-refractivity contribution in [3.8, 4) is 5.75 Å². The molecule has 3 aromatic rings. The van der Waals surface area contributed by atoms with E-state index in [0.29, 0.717) is 27.7 Å². The molecule has 0 unspecified atom stereocenters. The fraction of sp³-hybridized carbons (Fsp3) is 0.136. The van der Waals surface area contributed by atoms with Gasteiger partial charge in [0.15, 0.2) is 5.82 Å². The van der Waals surface area contributed by atoms with Crippen LogP contribution in [0.2, 0.25) is 10.0 Å². The lowest BCUT2D eigenvalue weighted by atomic mass is 9.95. The number of rotatable bonds is 4. The van der Waals surface area contributed by atoms with E-state index in [1.807, 2.05) is 0 Å². The van der Waals surface area contributed by atoms with E-state index >= 15 is 0 Å². The second-order valence-corrected chi connectivity index (χ2v) is 7.68. The van der Waals surface area contributed by atoms with Gasteiger partial charge in [-0.2, -0.15) is 0 Å². The molecule has 0 bridgehead atoms. The Labute approximate surface area is 187 Å². The van der Waals surface area contributed by atoms with Crippen LogP contribution in [0.3, 0.4) is 0 Å². The number of anilines is 1. The fourth-order valence-corrected chi connectivity index (χ4v) is 3.77. The highest BCUT2D eigenvalue weighted by atomic mass is 35.5. The lowest BCUT2D eigenvalue weighted by Crippen LogP contribution is -2.29. The maximum atomic E-state index is 13.0. The number of benzene rings is 2. The third kappa shape index (κ3) is 3.66. The van der Waals surface area contributed by atoms with Crippen molar-refractivity contribution in [1.82, 2.24) is 5.16 Å². The van der Waals surface area contributed by atoms with Crippen LogP contribution in [0, 0.1) is 6.92 Å². The molecule has 158 valence electrons. The fourth-order valence-electron chi connectivity index (χ4n) is 3.46. The van der Waals surface area contributed by atoms with Gasteiger partial charge in [0.25, 0.3) is 5.78 Å². The van der Waals surface area contributed by atoms with E-state index in [4.69, 9.17) is 32.5 Å². The highest BCUT2D eigenvalue weighted by Crippen LogP contribution is 2.43. The summed E-state index contributed by atoms with van der Waals surface area (Å²) in [7, 11) is 1.49. The molecule has 1 aliphatic rings. The van der Waals surface area contributed by atoms with Gasteiger partial charge in [0.05, 0.1) is 28.8 Å². The maximum Gasteiger partial charge on any atom is 0.301 e. The number of carbonyl (C=O) groups excluding carboxylic acids is 2. The number of hydrogen-bond donors (Lipinski definition) is 1. The van der Waals surface area contributed by atoms with Gasteiger partial charge < -0.3 is 14.4 Å². The van der Waals surface area contributed by atoms with Gasteiger partial charge in [-0.3, -0.25) is 14.5 Å². The lowest BCUT2D eigenvalue weighted by molar-refractivity contribution is -0.132. The smallest absolute Gasteiger partial charge is 0.301 e. The van der Waals surface area contributed by atoms with Gasteiger partial charge in [-0.15, -0.1) is 0 Å². The molecule has 0 aliphatic carbocycles. The molecule has 9 heteroatoms. The Kier molecular flexibility index (Phi) is 5.47. The van der Waals surface area contributed by atoms with E-state index in [-0.39, 0.29) is 22.2 Å². The van der Waals surface area contributed by atoms with Crippen molar-refractivity contribution in [3.63, 3.8) is 0 Å². The Balaban J connectivity index is 1.96. The standard InChI is InChI=1S/C22H16Cl2N2O5/c1-11-8-17(25-31-11)26-19(12-6-7-15(23)16(24)10-12)18(21(28)22(26)29)20(27)13-4-3-5-14(9-13)30-2/h3-10,19,27H,1-2H3/t19-/m0/s1. The minimum absolute atomic E-state index is 0.114. The van der Waals surface area contributed by atoms with E-state index in [0.717, 1.165) is 0 Å². The van der Waals surface area contributed by atoms with Crippen molar-refractivity contribution < 1.29 is 24.0 Å². The van der Waals surface area contributed by atoms with Crippen LogP contribution in [0.25, 0.3) is 5.76 Å². The Bertz CT molecular complexity index is 1230. The number of halogens is 2. The zero-order chi connectivity index (χ0) is 22.3. The number of ketones is 1. The largest absolute Gasteiger partial charge is 0.507 e. The summed E-state index contributed by atoms with van der Waals surface area (Å²) < 4.78 is 10.3. The van der Waals surface area contributed by atoms with Gasteiger partial charge in [0, 0.05) is 11.6 Å². The molecule has 1 aliphatic heterocycles. The SMILES string of the molecule is COc1cccc(C(O)=C2C(=O)C(=O)N(c3cc(C)on3)[C@H]2c2ccc(Cl)c(Cl)c2)c1. The second-order valence-electron chi connectivity index (χ2n) is 6.87. The number of aryl methyl sites for hydroxylation is 1. The number of aliphatic hydroxyl groups is 1. The van der Waals surface area contributed by atoms with Gasteiger partial charge in [-0.25, -0.2) is 0 Å². The van der Waals surface area contributed by atoms with Gasteiger partial charge in [-0.05, 0) is 36.8 Å². The third-order valence-electron chi connectivity index (χ3n) is 4.91. The van der Waals surface area contributed by atoms with E-state index < -0.39 is 17.7 Å². The Morgan fingerprint density at radius 2 is 1.90 bits per heavy atom. The van der Waals surface area contributed by atoms with E-state index in [2.05, 4.69) is 5.16 Å². The van der Waals surface area contributed by atoms with Crippen molar-refractivity contribution in [2.24, 2.45) is 0 Å². The Hall–Kier alpha value is -3.29. The first-order valence-corrected chi connectivity index (χ1v) is 9.91. The van der Waals surface area contributed by atoms with Crippen LogP contribution in [0.1, 0.15) is 22.9 Å². The monoisotopic (exact) mass is 458 g/mol. The molecule has 1 atom stereocenters. The predicted molar refractivity (Wildman–Crippen MR) is 115 cm³/mol. The number of aliphatic hydroxyl groups excluding tert-OH is 1. The molecule has 1 fully saturated rings. The minimum atomic E-state index is -0.995. The summed E-state index contributed by atoms with van der Waals surface area (Å²) in [5.74, 6) is -0.989. The number of hydrogen-bond acceptors (Lipinski definition) is 6. The van der Waals surface area contributed by atoms with Gasteiger partial charge in [0.2, 0.25) is 0 Å². The summed E-state index contributed by atoms with van der Waals surface area (Å²) >= 11 is 12.2. The number of amides is 1. The van der Waals surface area contributed by atoms with Crippen molar-refractivity contribution in [3.05, 3.63) is 81.0 Å². The summed E-state index contributed by atoms with van der Waals surface area (Å²) in [4.78, 5) is 27.2. The van der Waals surface area contributed by atoms with E-state index in [1.165, 1.54) is 18.1 Å². The Morgan fingerprint density at radius 3 is 2.55 bits per heavy atom. The molecule has 7 nitrogen and oxygen atoms in total. The van der Waals surface area contributed by atoms with Gasteiger partial charge in [0.1, 0.15) is 17.3 Å². The number of methoxy groups -OCH3 is 1. The molecule has 1 amide bonds. The molecule has 0 radical (unpaired) electrons. The first kappa shape index (κ1) is 21.0. The number of aromatic nitrogens is 1. The molecular formula is C22H16Cl2N2O5. The molecular weight excluding hydrogens is 443 g/mol. The molecule has 1 N–H and O–H groups in total. The molecule has 31 heavy (non-hydrogen) atoms. The highest BCUT2D eigenvalue weighted by molar-refractivity contribution is 6.51. The van der Waals surface area contributed by atoms with Gasteiger partial charge >= 0.3 is 5.91 Å². The van der Waals surface area contributed by atoms with Crippen LogP contribution in [0.5, 0.6) is 5.75 Å². The van der Waals surface area contributed by atoms with Crippen LogP contribution in [0.4, 0.5) is 5.82 Å². The maximum absolute atomic E-state index is 13.0. The van der Waals surface area contributed by atoms with Gasteiger partial charge in [-0.1, -0.05) is 46.6 Å². The highest BCUT2D eigenvalue weighted by Gasteiger charge is 2.48. The van der Waals surface area contributed by atoms with E-state index in [1.54, 1.807) is 49.4 Å². The van der Waals surface area contributed by atoms with Crippen LogP contribution >= 0.6 is 23.2 Å². The second kappa shape index (κ2) is 8.09. The van der Waals surface area contributed by atoms with Crippen molar-refractivity contribution in [2.45, 2.75) is 13.0 Å². The lowest BCUT2D eigenvalue weighted by Gasteiger charge is -2.23. The summed E-state index contributed by atoms with van der Waals surface area (Å²) in [5.41, 5.74) is 0.676. The number of Topliss-reactive ketones (excluding diaryl/α,β-unsaturated/α-hetero) is 1. The molecule has 0 spiro atoms. The average molecular weight is 459 g/mol. The molecule has 1 aromatic heterocycles. The topological polar surface area (TPSA) is 92.9 Å². The third-order valence-corrected chi connectivity index (χ3v) is 5.65. The van der Waals surface area contributed by atoms with Crippen LogP contribution in [0.15, 0.2) is 58.6 Å². The van der Waals surface area contributed by atoms with E-state index in [9.17, 15) is 14.7 Å². The Morgan fingerprint density at radius 1 is 1.13 bits per heavy atom. The summed E-state index contributed by atoms with van der Waals surface area (Å²) in [6.07, 6.45) is 0. The first-order chi connectivity index (χ1) is 14.8. The predicted octanol–water partition coefficient (Wildman–Crippen LogP) is 4.92. The molecule has 1 saturated heterocycles. The quantitative estimate of drug-likeness (QED) is 0.338. The molecule has 2 heterocycles. The van der Waals surface area contributed by atoms with Crippen molar-refractivity contribution >= 4 is 46.5 Å². The van der Waals surface area contributed by atoms with Crippen LogP contribution < -0.4 is 9.64 Å². The summed E-state index contributed by atoms with van der Waals surface area (Å²) in [5, 5.41) is 15.5. The van der Waals surface area contributed by atoms with Crippen LogP contribution in [-0.2, 0) is 9.59 Å². The average Bonchev–Trinajstić information content (AvgIpc) is 3.30. The minimum Gasteiger partial charge on any atom is -0.507 e. The number of nitrogens with zero attached hydrogens (tertiary/aromatic N) is 2. The zero-order valence-corrected chi connectivity index (χ0v) is 17.9. The zero-order valence-electron chi connectivity index (χ0n) is 16.4. The first-order valence-electron chi connectivity index (χ1n) is 9.15. The van der Waals surface area contributed by atoms with Crippen LogP contribution in [-0.4, -0.2) is 29.1 Å². The van der Waals surface area contributed by atoms with Crippen molar-refractivity contribution in [1.29, 1.82) is 0 Å². The van der Waals surface area contributed by atoms with Crippen molar-refractivity contribution in [2.75, 3.05) is 12.0 Å². The molecule has 4 rings (SSSR count). The summed E-state index contributed by atoms with van der Waals surface area (Å²) in [6.45, 7) is 1.66. The molecule has 2 aromatic carbocycles. The normalized spacial score (nSPS) is 17.9. The number of ether oxygens (including phenoxy) is 1. The molecule has 0 saturated carbocycles. The summed E-state index contributed by atoms with van der Waals surface area (Å²) in [6, 6.07) is 11.8.